The van der Waals surface area contributed by atoms with Crippen LogP contribution < -0.4 is 0 Å². The summed E-state index contributed by atoms with van der Waals surface area (Å²) in [7, 11) is 0. The lowest BCUT2D eigenvalue weighted by atomic mass is 9.66. The molecule has 0 amide bonds. The number of hydrogen-bond acceptors (Lipinski definition) is 2. The summed E-state index contributed by atoms with van der Waals surface area (Å²) in [4.78, 5) is 7.56. The van der Waals surface area contributed by atoms with Gasteiger partial charge in [0.05, 0.1) is 6.54 Å². The highest BCUT2D eigenvalue weighted by Crippen LogP contribution is 2.56. The second-order valence-electron chi connectivity index (χ2n) is 8.15. The van der Waals surface area contributed by atoms with Crippen molar-refractivity contribution in [3.05, 3.63) is 34.6 Å². The van der Waals surface area contributed by atoms with Crippen molar-refractivity contribution in [2.45, 2.75) is 52.0 Å². The maximum absolute atomic E-state index is 4.73. The highest BCUT2D eigenvalue weighted by Gasteiger charge is 2.51. The Labute approximate surface area is 133 Å². The summed E-state index contributed by atoms with van der Waals surface area (Å²) in [5.41, 5.74) is 6.80. The van der Waals surface area contributed by atoms with Crippen LogP contribution in [0.1, 0.15) is 46.0 Å². The molecule has 0 aromatic heterocycles. The van der Waals surface area contributed by atoms with Gasteiger partial charge in [0.25, 0.3) is 0 Å². The molecule has 0 spiro atoms. The smallest absolute Gasteiger partial charge is 0.0570 e. The van der Waals surface area contributed by atoms with E-state index >= 15 is 0 Å². The fraction of sp³-hybridized carbons (Fsp3) is 0.650. The first kappa shape index (κ1) is 13.2. The Bertz CT molecular complexity index is 647. The lowest BCUT2D eigenvalue weighted by Gasteiger charge is -2.46. The molecule has 5 aliphatic rings. The number of nitrogens with zero attached hydrogens (tertiary/aromatic N) is 2. The molecule has 1 fully saturated rings. The van der Waals surface area contributed by atoms with Gasteiger partial charge in [-0.15, -0.1) is 0 Å². The molecule has 116 valence electrons. The third-order valence-corrected chi connectivity index (χ3v) is 6.95. The lowest BCUT2D eigenvalue weighted by molar-refractivity contribution is 0.146. The van der Waals surface area contributed by atoms with Gasteiger partial charge in [-0.3, -0.25) is 4.99 Å². The van der Waals surface area contributed by atoms with Gasteiger partial charge >= 0.3 is 0 Å². The predicted molar refractivity (Wildman–Crippen MR) is 90.9 cm³/mol. The highest BCUT2D eigenvalue weighted by molar-refractivity contribution is 5.75. The maximum atomic E-state index is 4.73. The quantitative estimate of drug-likeness (QED) is 0.748. The van der Waals surface area contributed by atoms with E-state index in [-0.39, 0.29) is 5.41 Å². The molecule has 0 aromatic carbocycles. The third-order valence-electron chi connectivity index (χ3n) is 6.95. The fourth-order valence-corrected chi connectivity index (χ4v) is 5.31. The number of hydrogen-bond donors (Lipinski definition) is 0. The average Bonchev–Trinajstić information content (AvgIpc) is 3.24. The Balaban J connectivity index is 1.71. The summed E-state index contributed by atoms with van der Waals surface area (Å²) in [5.74, 6) is 1.62. The molecule has 3 atom stereocenters. The monoisotopic (exact) mass is 294 g/mol. The molecule has 2 heterocycles. The zero-order valence-corrected chi connectivity index (χ0v) is 13.8. The van der Waals surface area contributed by atoms with Crippen molar-refractivity contribution in [2.75, 3.05) is 13.1 Å². The SMILES string of the molecule is CC1C2CC3=C(CCC4=C3C=CCN=CC41C)N2CC1CC1. The van der Waals surface area contributed by atoms with Crippen LogP contribution in [0.15, 0.2) is 39.6 Å². The second kappa shape index (κ2) is 4.37. The van der Waals surface area contributed by atoms with Crippen LogP contribution in [0, 0.1) is 17.3 Å². The van der Waals surface area contributed by atoms with Gasteiger partial charge in [0.15, 0.2) is 0 Å². The van der Waals surface area contributed by atoms with Crippen LogP contribution in [0.5, 0.6) is 0 Å². The van der Waals surface area contributed by atoms with E-state index in [4.69, 9.17) is 4.99 Å². The first-order chi connectivity index (χ1) is 10.7. The second-order valence-corrected chi connectivity index (χ2v) is 8.15. The van der Waals surface area contributed by atoms with E-state index in [1.807, 2.05) is 0 Å². The van der Waals surface area contributed by atoms with Crippen LogP contribution in [0.25, 0.3) is 0 Å². The standard InChI is InChI=1S/C20H26N2/c1-13-19-10-16-15-4-3-9-21-12-20(13,2)17(15)7-8-18(16)22(19)11-14-5-6-14/h3-4,12-14,19H,5-11H2,1-2H3. The van der Waals surface area contributed by atoms with Crippen molar-refractivity contribution in [2.24, 2.45) is 22.2 Å². The number of rotatable bonds is 2. The lowest BCUT2D eigenvalue weighted by Crippen LogP contribution is -2.46. The first-order valence-electron chi connectivity index (χ1n) is 9.08. The Kier molecular flexibility index (Phi) is 2.61. The van der Waals surface area contributed by atoms with Gasteiger partial charge in [-0.2, -0.15) is 0 Å². The van der Waals surface area contributed by atoms with Crippen LogP contribution in [-0.4, -0.2) is 30.2 Å². The van der Waals surface area contributed by atoms with Gasteiger partial charge < -0.3 is 4.90 Å². The van der Waals surface area contributed by atoms with Gasteiger partial charge in [0.1, 0.15) is 0 Å². The number of fused-ring (bicyclic) bond motifs is 1. The molecule has 3 unspecified atom stereocenters. The Morgan fingerprint density at radius 2 is 2.18 bits per heavy atom. The molecule has 5 rings (SSSR count). The normalized spacial score (nSPS) is 39.5. The van der Waals surface area contributed by atoms with Crippen LogP contribution in [0.3, 0.4) is 0 Å². The molecule has 22 heavy (non-hydrogen) atoms. The van der Waals surface area contributed by atoms with Crippen molar-refractivity contribution < 1.29 is 0 Å². The van der Waals surface area contributed by atoms with E-state index in [0.29, 0.717) is 12.0 Å². The van der Waals surface area contributed by atoms with Gasteiger partial charge in [0.2, 0.25) is 0 Å². The first-order valence-corrected chi connectivity index (χ1v) is 9.08. The fourth-order valence-electron chi connectivity index (χ4n) is 5.31. The van der Waals surface area contributed by atoms with Gasteiger partial charge in [-0.05, 0) is 55.1 Å². The van der Waals surface area contributed by atoms with E-state index in [1.165, 1.54) is 38.6 Å². The molecule has 2 heteroatoms. The molecule has 0 radical (unpaired) electrons. The van der Waals surface area contributed by atoms with E-state index in [2.05, 4.69) is 37.1 Å². The minimum Gasteiger partial charge on any atom is -0.371 e. The maximum Gasteiger partial charge on any atom is 0.0570 e. The van der Waals surface area contributed by atoms with Crippen molar-refractivity contribution in [1.29, 1.82) is 0 Å². The number of aliphatic imine (C=N–C) groups is 1. The van der Waals surface area contributed by atoms with E-state index in [0.717, 1.165) is 12.5 Å². The summed E-state index contributed by atoms with van der Waals surface area (Å²) in [5, 5.41) is 0. The summed E-state index contributed by atoms with van der Waals surface area (Å²) in [6.45, 7) is 7.10. The summed E-state index contributed by atoms with van der Waals surface area (Å²) in [6, 6.07) is 0.696. The van der Waals surface area contributed by atoms with E-state index in [1.54, 1.807) is 22.4 Å². The van der Waals surface area contributed by atoms with Gasteiger partial charge in [0, 0.05) is 29.9 Å². The van der Waals surface area contributed by atoms with Crippen LogP contribution in [0.4, 0.5) is 0 Å². The topological polar surface area (TPSA) is 15.6 Å². The molecular formula is C20H26N2. The minimum absolute atomic E-state index is 0.153. The molecule has 2 aliphatic heterocycles. The largest absolute Gasteiger partial charge is 0.371 e. The van der Waals surface area contributed by atoms with Crippen LogP contribution in [0.2, 0.25) is 0 Å². The van der Waals surface area contributed by atoms with Gasteiger partial charge in [-0.1, -0.05) is 31.6 Å². The molecule has 5 bridgehead atoms. The van der Waals surface area contributed by atoms with Crippen molar-refractivity contribution >= 4 is 6.21 Å². The zero-order valence-electron chi connectivity index (χ0n) is 13.8. The molecule has 2 nitrogen and oxygen atoms in total. The minimum atomic E-state index is 0.153. The molecule has 0 N–H and O–H groups in total. The zero-order chi connectivity index (χ0) is 14.9. The Morgan fingerprint density at radius 3 is 3.00 bits per heavy atom. The van der Waals surface area contributed by atoms with Crippen LogP contribution in [-0.2, 0) is 0 Å². The number of likely N-dealkylation sites (tertiary alicyclic amines) is 1. The van der Waals surface area contributed by atoms with Crippen molar-refractivity contribution in [1.82, 2.24) is 4.90 Å². The predicted octanol–water partition coefficient (Wildman–Crippen LogP) is 4.11. The summed E-state index contributed by atoms with van der Waals surface area (Å²) >= 11 is 0. The Hall–Kier alpha value is -1.31. The Morgan fingerprint density at radius 1 is 1.32 bits per heavy atom. The van der Waals surface area contributed by atoms with Crippen LogP contribution >= 0.6 is 0 Å². The average molecular weight is 294 g/mol. The van der Waals surface area contributed by atoms with E-state index in [9.17, 15) is 0 Å². The molecular weight excluding hydrogens is 268 g/mol. The van der Waals surface area contributed by atoms with E-state index < -0.39 is 0 Å². The summed E-state index contributed by atoms with van der Waals surface area (Å²) in [6.07, 6.45) is 13.6. The highest BCUT2D eigenvalue weighted by atomic mass is 15.2. The number of allylic oxidation sites excluding steroid dienone is 4. The molecule has 3 aliphatic carbocycles. The van der Waals surface area contributed by atoms with Crippen molar-refractivity contribution in [3.63, 3.8) is 0 Å². The third kappa shape index (κ3) is 1.64. The molecule has 0 aromatic rings. The molecule has 0 saturated heterocycles. The molecule has 1 saturated carbocycles. The van der Waals surface area contributed by atoms with Crippen molar-refractivity contribution in [3.8, 4) is 0 Å². The van der Waals surface area contributed by atoms with Gasteiger partial charge in [-0.25, -0.2) is 0 Å². The summed E-state index contributed by atoms with van der Waals surface area (Å²) < 4.78 is 0.